The van der Waals surface area contributed by atoms with Crippen LogP contribution in [0.15, 0.2) is 29.2 Å². The van der Waals surface area contributed by atoms with Gasteiger partial charge in [-0.15, -0.1) is 0 Å². The molecule has 0 aliphatic rings. The van der Waals surface area contributed by atoms with Gasteiger partial charge in [0, 0.05) is 6.54 Å². The lowest BCUT2D eigenvalue weighted by Gasteiger charge is -2.15. The molecule has 0 aromatic heterocycles. The van der Waals surface area contributed by atoms with Gasteiger partial charge in [-0.3, -0.25) is 4.79 Å². The van der Waals surface area contributed by atoms with Gasteiger partial charge in [-0.1, -0.05) is 13.8 Å². The Balaban J connectivity index is 2.62. The number of carbonyl (C=O) groups is 1. The molecule has 1 rings (SSSR count). The van der Waals surface area contributed by atoms with Crippen LogP contribution < -0.4 is 15.2 Å². The second-order valence-electron chi connectivity index (χ2n) is 4.92. The van der Waals surface area contributed by atoms with Crippen molar-refractivity contribution in [2.24, 2.45) is 11.1 Å². The molecular formula is C13H20N2O4S. The lowest BCUT2D eigenvalue weighted by atomic mass is 10.2. The molecule has 0 aliphatic heterocycles. The predicted molar refractivity (Wildman–Crippen MR) is 75.8 cm³/mol. The molecule has 0 saturated carbocycles. The topological polar surface area (TPSA) is 98.5 Å². The molecule has 1 amide bonds. The number of hydrogen-bond acceptors (Lipinski definition) is 4. The van der Waals surface area contributed by atoms with E-state index >= 15 is 0 Å². The van der Waals surface area contributed by atoms with Gasteiger partial charge in [0.15, 0.2) is 6.10 Å². The van der Waals surface area contributed by atoms with Crippen molar-refractivity contribution in [3.05, 3.63) is 24.3 Å². The second-order valence-corrected chi connectivity index (χ2v) is 6.48. The average Bonchev–Trinajstić information content (AvgIpc) is 2.35. The van der Waals surface area contributed by atoms with Crippen LogP contribution in [0.5, 0.6) is 5.75 Å². The van der Waals surface area contributed by atoms with Crippen molar-refractivity contribution < 1.29 is 17.9 Å². The van der Waals surface area contributed by atoms with Crippen molar-refractivity contribution in [3.63, 3.8) is 0 Å². The van der Waals surface area contributed by atoms with E-state index in [4.69, 9.17) is 9.88 Å². The van der Waals surface area contributed by atoms with E-state index in [2.05, 4.69) is 5.32 Å². The van der Waals surface area contributed by atoms with Gasteiger partial charge in [0.25, 0.3) is 5.91 Å². The van der Waals surface area contributed by atoms with Crippen LogP contribution in [0.3, 0.4) is 0 Å². The van der Waals surface area contributed by atoms with Crippen molar-refractivity contribution in [1.29, 1.82) is 0 Å². The van der Waals surface area contributed by atoms with E-state index < -0.39 is 16.1 Å². The quantitative estimate of drug-likeness (QED) is 0.814. The van der Waals surface area contributed by atoms with Crippen molar-refractivity contribution in [2.75, 3.05) is 6.54 Å². The van der Waals surface area contributed by atoms with Crippen LogP contribution in [0.2, 0.25) is 0 Å². The van der Waals surface area contributed by atoms with Gasteiger partial charge >= 0.3 is 0 Å². The summed E-state index contributed by atoms with van der Waals surface area (Å²) in [4.78, 5) is 11.7. The maximum Gasteiger partial charge on any atom is 0.260 e. The van der Waals surface area contributed by atoms with Crippen molar-refractivity contribution in [1.82, 2.24) is 5.32 Å². The molecule has 0 saturated heterocycles. The Hall–Kier alpha value is -1.60. The van der Waals surface area contributed by atoms with Gasteiger partial charge in [-0.05, 0) is 37.1 Å². The molecule has 1 aromatic carbocycles. The molecule has 0 aliphatic carbocycles. The first-order chi connectivity index (χ1) is 9.20. The minimum absolute atomic E-state index is 0.00163. The normalized spacial score (nSPS) is 13.1. The average molecular weight is 300 g/mol. The Bertz CT molecular complexity index is 552. The molecule has 3 N–H and O–H groups in total. The maximum absolute atomic E-state index is 11.7. The van der Waals surface area contributed by atoms with E-state index in [1.807, 2.05) is 13.8 Å². The number of amides is 1. The Morgan fingerprint density at radius 1 is 1.25 bits per heavy atom. The molecule has 0 heterocycles. The highest BCUT2D eigenvalue weighted by Gasteiger charge is 2.15. The third kappa shape index (κ3) is 5.18. The summed E-state index contributed by atoms with van der Waals surface area (Å²) in [5.41, 5.74) is 0. The van der Waals surface area contributed by atoms with E-state index in [-0.39, 0.29) is 10.8 Å². The van der Waals surface area contributed by atoms with Crippen LogP contribution in [0.1, 0.15) is 20.8 Å². The van der Waals surface area contributed by atoms with Crippen molar-refractivity contribution in [3.8, 4) is 5.75 Å². The summed E-state index contributed by atoms with van der Waals surface area (Å²) in [5, 5.41) is 7.75. The largest absolute Gasteiger partial charge is 0.481 e. The monoisotopic (exact) mass is 300 g/mol. The fourth-order valence-corrected chi connectivity index (χ4v) is 1.93. The Morgan fingerprint density at radius 2 is 1.80 bits per heavy atom. The first-order valence-electron chi connectivity index (χ1n) is 6.27. The lowest BCUT2D eigenvalue weighted by Crippen LogP contribution is -2.38. The first kappa shape index (κ1) is 16.5. The van der Waals surface area contributed by atoms with Gasteiger partial charge in [-0.2, -0.15) is 0 Å². The number of carbonyl (C=O) groups excluding carboxylic acids is 1. The number of sulfonamides is 1. The molecular weight excluding hydrogens is 280 g/mol. The lowest BCUT2D eigenvalue weighted by molar-refractivity contribution is -0.127. The molecule has 1 atom stereocenters. The fraction of sp³-hybridized carbons (Fsp3) is 0.462. The van der Waals surface area contributed by atoms with Crippen LogP contribution in [0, 0.1) is 5.92 Å². The van der Waals surface area contributed by atoms with Crippen molar-refractivity contribution in [2.45, 2.75) is 31.8 Å². The van der Waals surface area contributed by atoms with Crippen LogP contribution in [-0.4, -0.2) is 27.0 Å². The number of hydrogen-bond donors (Lipinski definition) is 2. The highest BCUT2D eigenvalue weighted by Crippen LogP contribution is 2.16. The summed E-state index contributed by atoms with van der Waals surface area (Å²) in [6.07, 6.45) is -0.658. The summed E-state index contributed by atoms with van der Waals surface area (Å²) in [7, 11) is -3.72. The molecule has 0 radical (unpaired) electrons. The molecule has 0 bridgehead atoms. The number of ether oxygens (including phenoxy) is 1. The Morgan fingerprint density at radius 3 is 2.25 bits per heavy atom. The first-order valence-corrected chi connectivity index (χ1v) is 7.82. The number of benzene rings is 1. The van der Waals surface area contributed by atoms with E-state index in [0.717, 1.165) is 0 Å². The molecule has 0 spiro atoms. The van der Waals surface area contributed by atoms with E-state index in [1.165, 1.54) is 24.3 Å². The minimum atomic E-state index is -3.72. The van der Waals surface area contributed by atoms with Gasteiger partial charge in [0.2, 0.25) is 10.0 Å². The molecule has 6 nitrogen and oxygen atoms in total. The maximum atomic E-state index is 11.7. The molecule has 20 heavy (non-hydrogen) atoms. The molecule has 0 unspecified atom stereocenters. The second kappa shape index (κ2) is 6.71. The summed E-state index contributed by atoms with van der Waals surface area (Å²) in [5.74, 6) is 0.555. The number of rotatable bonds is 6. The summed E-state index contributed by atoms with van der Waals surface area (Å²) in [6, 6.07) is 5.60. The molecule has 7 heteroatoms. The number of nitrogens with one attached hydrogen (secondary N) is 1. The van der Waals surface area contributed by atoms with Crippen LogP contribution in [-0.2, 0) is 14.8 Å². The standard InChI is InChI=1S/C13H20N2O4S/c1-9(2)8-15-13(16)10(3)19-11-4-6-12(7-5-11)20(14,17)18/h4-7,9-10H,8H2,1-3H3,(H,15,16)(H2,14,17,18)/t10-/m0/s1. The zero-order valence-corrected chi connectivity index (χ0v) is 12.6. The van der Waals surface area contributed by atoms with Gasteiger partial charge in [0.1, 0.15) is 5.75 Å². The van der Waals surface area contributed by atoms with E-state index in [0.29, 0.717) is 18.2 Å². The van der Waals surface area contributed by atoms with Crippen molar-refractivity contribution >= 4 is 15.9 Å². The predicted octanol–water partition coefficient (Wildman–Crippen LogP) is 0.874. The van der Waals surface area contributed by atoms with Gasteiger partial charge < -0.3 is 10.1 Å². The van der Waals surface area contributed by atoms with Crippen LogP contribution in [0.25, 0.3) is 0 Å². The summed E-state index contributed by atoms with van der Waals surface area (Å²) < 4.78 is 27.6. The van der Waals surface area contributed by atoms with E-state index in [9.17, 15) is 13.2 Å². The fourth-order valence-electron chi connectivity index (χ4n) is 1.41. The SMILES string of the molecule is CC(C)CNC(=O)[C@H](C)Oc1ccc(S(N)(=O)=O)cc1. The Labute approximate surface area is 119 Å². The third-order valence-corrected chi connectivity index (χ3v) is 3.45. The van der Waals surface area contributed by atoms with Crippen LogP contribution >= 0.6 is 0 Å². The molecule has 112 valence electrons. The zero-order valence-electron chi connectivity index (χ0n) is 11.8. The molecule has 0 fully saturated rings. The van der Waals surface area contributed by atoms with Crippen LogP contribution in [0.4, 0.5) is 0 Å². The smallest absolute Gasteiger partial charge is 0.260 e. The number of nitrogens with two attached hydrogens (primary N) is 1. The molecule has 1 aromatic rings. The summed E-state index contributed by atoms with van der Waals surface area (Å²) in [6.45, 7) is 6.20. The van der Waals surface area contributed by atoms with Gasteiger partial charge in [0.05, 0.1) is 4.90 Å². The zero-order chi connectivity index (χ0) is 15.3. The Kier molecular flexibility index (Phi) is 5.52. The van der Waals surface area contributed by atoms with Gasteiger partial charge in [-0.25, -0.2) is 13.6 Å². The third-order valence-electron chi connectivity index (χ3n) is 2.52. The van der Waals surface area contributed by atoms with E-state index in [1.54, 1.807) is 6.92 Å². The highest BCUT2D eigenvalue weighted by molar-refractivity contribution is 7.89. The number of primary sulfonamides is 1. The summed E-state index contributed by atoms with van der Waals surface area (Å²) >= 11 is 0. The highest BCUT2D eigenvalue weighted by atomic mass is 32.2. The minimum Gasteiger partial charge on any atom is -0.481 e.